The molecule has 0 bridgehead atoms. The van der Waals surface area contributed by atoms with Crippen LogP contribution in [0.1, 0.15) is 0 Å². The number of benzene rings is 1. The van der Waals surface area contributed by atoms with E-state index in [1.54, 1.807) is 0 Å². The Balaban J connectivity index is 2.18. The summed E-state index contributed by atoms with van der Waals surface area (Å²) in [7, 11) is 3.96. The van der Waals surface area contributed by atoms with Crippen molar-refractivity contribution in [3.8, 4) is 0 Å². The molecule has 18 heavy (non-hydrogen) atoms. The van der Waals surface area contributed by atoms with Crippen LogP contribution in [-0.2, 0) is 0 Å². The van der Waals surface area contributed by atoms with Gasteiger partial charge in [-0.15, -0.1) is 0 Å². The lowest BCUT2D eigenvalue weighted by Gasteiger charge is -2.13. The summed E-state index contributed by atoms with van der Waals surface area (Å²) in [5.41, 5.74) is 12.9. The lowest BCUT2D eigenvalue weighted by atomic mass is 10.2. The van der Waals surface area contributed by atoms with Crippen LogP contribution in [0.15, 0.2) is 24.3 Å². The fourth-order valence-electron chi connectivity index (χ4n) is 1.44. The third-order valence-electron chi connectivity index (χ3n) is 2.31. The minimum atomic E-state index is 0.0925. The Morgan fingerprint density at radius 3 is 2.00 bits per heavy atom. The number of nitrogen functional groups attached to an aromatic ring is 2. The number of rotatable bonds is 3. The molecule has 0 saturated carbocycles. The van der Waals surface area contributed by atoms with Gasteiger partial charge in [0.2, 0.25) is 17.8 Å². The third-order valence-corrected chi connectivity index (χ3v) is 2.31. The largest absolute Gasteiger partial charge is 0.378 e. The van der Waals surface area contributed by atoms with E-state index < -0.39 is 0 Å². The number of nitrogens with one attached hydrogen (secondary N) is 1. The number of hydrogen-bond donors (Lipinski definition) is 3. The van der Waals surface area contributed by atoms with Crippen molar-refractivity contribution in [2.75, 3.05) is 35.8 Å². The zero-order valence-electron chi connectivity index (χ0n) is 10.3. The molecule has 0 fully saturated rings. The summed E-state index contributed by atoms with van der Waals surface area (Å²) in [6.07, 6.45) is 0. The first-order chi connectivity index (χ1) is 8.54. The number of nitrogens with two attached hydrogens (primary N) is 2. The fraction of sp³-hybridized carbons (Fsp3) is 0.182. The van der Waals surface area contributed by atoms with E-state index in [1.165, 1.54) is 0 Å². The van der Waals surface area contributed by atoms with Gasteiger partial charge in [-0.1, -0.05) is 0 Å². The first-order valence-electron chi connectivity index (χ1n) is 5.36. The highest BCUT2D eigenvalue weighted by Gasteiger charge is 2.02. The van der Waals surface area contributed by atoms with Gasteiger partial charge in [-0.3, -0.25) is 0 Å². The van der Waals surface area contributed by atoms with Gasteiger partial charge in [-0.05, 0) is 24.3 Å². The predicted molar refractivity (Wildman–Crippen MR) is 72.7 cm³/mol. The van der Waals surface area contributed by atoms with Crippen LogP contribution in [0.2, 0.25) is 0 Å². The van der Waals surface area contributed by atoms with Crippen molar-refractivity contribution >= 4 is 29.2 Å². The number of aromatic nitrogens is 3. The molecule has 0 spiro atoms. The van der Waals surface area contributed by atoms with Gasteiger partial charge in [-0.2, -0.15) is 15.0 Å². The van der Waals surface area contributed by atoms with E-state index in [4.69, 9.17) is 11.5 Å². The minimum absolute atomic E-state index is 0.0925. The molecule has 2 aromatic rings. The van der Waals surface area contributed by atoms with Crippen molar-refractivity contribution in [2.45, 2.75) is 0 Å². The molecular formula is C11H15N7. The summed E-state index contributed by atoms with van der Waals surface area (Å²) >= 11 is 0. The maximum atomic E-state index is 5.49. The lowest BCUT2D eigenvalue weighted by Crippen LogP contribution is -2.08. The average molecular weight is 245 g/mol. The second-order valence-electron chi connectivity index (χ2n) is 3.94. The molecule has 0 radical (unpaired) electrons. The highest BCUT2D eigenvalue weighted by molar-refractivity contribution is 5.59. The molecule has 1 aromatic carbocycles. The fourth-order valence-corrected chi connectivity index (χ4v) is 1.44. The van der Waals surface area contributed by atoms with Crippen molar-refractivity contribution in [1.82, 2.24) is 15.0 Å². The van der Waals surface area contributed by atoms with Gasteiger partial charge in [0.05, 0.1) is 0 Å². The van der Waals surface area contributed by atoms with E-state index >= 15 is 0 Å². The molecule has 0 aliphatic heterocycles. The van der Waals surface area contributed by atoms with Gasteiger partial charge in [-0.25, -0.2) is 0 Å². The minimum Gasteiger partial charge on any atom is -0.378 e. The van der Waals surface area contributed by atoms with E-state index in [1.807, 2.05) is 43.3 Å². The van der Waals surface area contributed by atoms with Crippen LogP contribution >= 0.6 is 0 Å². The molecule has 7 nitrogen and oxygen atoms in total. The highest BCUT2D eigenvalue weighted by atomic mass is 15.2. The van der Waals surface area contributed by atoms with Gasteiger partial charge >= 0.3 is 0 Å². The predicted octanol–water partition coefficient (Wildman–Crippen LogP) is 0.846. The van der Waals surface area contributed by atoms with E-state index in [0.717, 1.165) is 11.4 Å². The molecule has 0 amide bonds. The van der Waals surface area contributed by atoms with Crippen LogP contribution in [-0.4, -0.2) is 29.0 Å². The van der Waals surface area contributed by atoms with E-state index in [-0.39, 0.29) is 11.9 Å². The van der Waals surface area contributed by atoms with E-state index in [0.29, 0.717) is 5.95 Å². The van der Waals surface area contributed by atoms with Crippen molar-refractivity contribution in [2.24, 2.45) is 0 Å². The first kappa shape index (κ1) is 11.9. The smallest absolute Gasteiger partial charge is 0.233 e. The average Bonchev–Trinajstić information content (AvgIpc) is 2.28. The number of nitrogens with zero attached hydrogens (tertiary/aromatic N) is 4. The molecule has 1 aromatic heterocycles. The van der Waals surface area contributed by atoms with Crippen LogP contribution in [0.4, 0.5) is 29.2 Å². The van der Waals surface area contributed by atoms with Gasteiger partial charge in [0.15, 0.2) is 0 Å². The standard InChI is InChI=1S/C11H15N7/c1-18(2)8-5-3-7(4-6-8)14-11-16-9(12)15-10(13)17-11/h3-6H,1-2H3,(H5,12,13,14,15,16,17). The van der Waals surface area contributed by atoms with Crippen LogP contribution in [0.3, 0.4) is 0 Å². The Morgan fingerprint density at radius 2 is 1.50 bits per heavy atom. The van der Waals surface area contributed by atoms with Crippen molar-refractivity contribution < 1.29 is 0 Å². The summed E-state index contributed by atoms with van der Waals surface area (Å²) in [5, 5.41) is 3.01. The molecule has 0 unspecified atom stereocenters. The Labute approximate surface area is 105 Å². The zero-order chi connectivity index (χ0) is 13.1. The van der Waals surface area contributed by atoms with Crippen LogP contribution in [0.5, 0.6) is 0 Å². The molecule has 0 aliphatic carbocycles. The highest BCUT2D eigenvalue weighted by Crippen LogP contribution is 2.18. The number of anilines is 5. The zero-order valence-corrected chi connectivity index (χ0v) is 10.3. The summed E-state index contributed by atoms with van der Waals surface area (Å²) in [6.45, 7) is 0. The first-order valence-corrected chi connectivity index (χ1v) is 5.36. The van der Waals surface area contributed by atoms with Gasteiger partial charge in [0, 0.05) is 25.5 Å². The monoisotopic (exact) mass is 245 g/mol. The summed E-state index contributed by atoms with van der Waals surface area (Å²) < 4.78 is 0. The Bertz CT molecular complexity index is 515. The van der Waals surface area contributed by atoms with Gasteiger partial charge < -0.3 is 21.7 Å². The van der Waals surface area contributed by atoms with Crippen molar-refractivity contribution in [3.05, 3.63) is 24.3 Å². The Hall–Kier alpha value is -2.57. The topological polar surface area (TPSA) is 106 Å². The lowest BCUT2D eigenvalue weighted by molar-refractivity contribution is 1.08. The molecule has 0 saturated heterocycles. The van der Waals surface area contributed by atoms with Crippen LogP contribution in [0.25, 0.3) is 0 Å². The normalized spacial score (nSPS) is 10.1. The molecule has 0 atom stereocenters. The maximum Gasteiger partial charge on any atom is 0.233 e. The van der Waals surface area contributed by atoms with Gasteiger partial charge in [0.1, 0.15) is 0 Å². The Kier molecular flexibility index (Phi) is 3.13. The van der Waals surface area contributed by atoms with Crippen LogP contribution in [0, 0.1) is 0 Å². The quantitative estimate of drug-likeness (QED) is 0.735. The molecule has 1 heterocycles. The molecule has 5 N–H and O–H groups in total. The molecule has 94 valence electrons. The van der Waals surface area contributed by atoms with Crippen molar-refractivity contribution in [1.29, 1.82) is 0 Å². The van der Waals surface area contributed by atoms with Crippen molar-refractivity contribution in [3.63, 3.8) is 0 Å². The maximum absolute atomic E-state index is 5.49. The van der Waals surface area contributed by atoms with Crippen LogP contribution < -0.4 is 21.7 Å². The number of hydrogen-bond acceptors (Lipinski definition) is 7. The summed E-state index contributed by atoms with van der Waals surface area (Å²) in [6, 6.07) is 7.81. The second kappa shape index (κ2) is 4.74. The SMILES string of the molecule is CN(C)c1ccc(Nc2nc(N)nc(N)n2)cc1. The second-order valence-corrected chi connectivity index (χ2v) is 3.94. The summed E-state index contributed by atoms with van der Waals surface area (Å²) in [4.78, 5) is 13.6. The Morgan fingerprint density at radius 1 is 0.944 bits per heavy atom. The van der Waals surface area contributed by atoms with E-state index in [2.05, 4.69) is 20.3 Å². The molecule has 2 rings (SSSR count). The molecule has 0 aliphatic rings. The summed E-state index contributed by atoms with van der Waals surface area (Å²) in [5.74, 6) is 0.516. The third kappa shape index (κ3) is 2.76. The molecular weight excluding hydrogens is 230 g/mol. The van der Waals surface area contributed by atoms with E-state index in [9.17, 15) is 0 Å². The van der Waals surface area contributed by atoms with Gasteiger partial charge in [0.25, 0.3) is 0 Å². The molecule has 7 heteroatoms.